The summed E-state index contributed by atoms with van der Waals surface area (Å²) < 4.78 is 11.7. The highest BCUT2D eigenvalue weighted by Crippen LogP contribution is 2.39. The lowest BCUT2D eigenvalue weighted by Crippen LogP contribution is -2.36. The molecule has 0 aliphatic carbocycles. The van der Waals surface area contributed by atoms with E-state index in [1.165, 1.54) is 5.57 Å². The van der Waals surface area contributed by atoms with Gasteiger partial charge in [-0.05, 0) is 74.3 Å². The maximum Gasteiger partial charge on any atom is 0.144 e. The Hall–Kier alpha value is -1.00. The standard InChI is InChI=1S/C17H26BrNO2/c1-12(8-7-11-19-17(2,3)4)13-9-10-14(20-5)15(18)16(13)21-6/h8-10,19H,7,11H2,1-6H3/b12-8+. The second-order valence-electron chi connectivity index (χ2n) is 6.02. The molecule has 0 aromatic heterocycles. The van der Waals surface area contributed by atoms with Crippen LogP contribution in [0.15, 0.2) is 22.7 Å². The van der Waals surface area contributed by atoms with Crippen LogP contribution in [0.1, 0.15) is 39.7 Å². The number of benzene rings is 1. The van der Waals surface area contributed by atoms with E-state index >= 15 is 0 Å². The van der Waals surface area contributed by atoms with Crippen LogP contribution in [-0.4, -0.2) is 26.3 Å². The first-order chi connectivity index (χ1) is 9.80. The third-order valence-corrected chi connectivity index (χ3v) is 3.91. The van der Waals surface area contributed by atoms with Gasteiger partial charge in [0.15, 0.2) is 0 Å². The number of ether oxygens (including phenoxy) is 2. The van der Waals surface area contributed by atoms with Gasteiger partial charge in [-0.15, -0.1) is 0 Å². The predicted octanol–water partition coefficient (Wildman–Crippen LogP) is 4.65. The molecule has 0 heterocycles. The van der Waals surface area contributed by atoms with E-state index in [-0.39, 0.29) is 5.54 Å². The van der Waals surface area contributed by atoms with E-state index in [1.54, 1.807) is 14.2 Å². The molecule has 1 aromatic carbocycles. The van der Waals surface area contributed by atoms with Crippen molar-refractivity contribution in [3.63, 3.8) is 0 Å². The van der Waals surface area contributed by atoms with Crippen molar-refractivity contribution in [1.82, 2.24) is 5.32 Å². The molecule has 118 valence electrons. The van der Waals surface area contributed by atoms with Gasteiger partial charge >= 0.3 is 0 Å². The number of rotatable bonds is 6. The summed E-state index contributed by atoms with van der Waals surface area (Å²) in [5.41, 5.74) is 2.44. The van der Waals surface area contributed by atoms with E-state index in [4.69, 9.17) is 9.47 Å². The Kier molecular flexibility index (Phi) is 6.75. The fraction of sp³-hybridized carbons (Fsp3) is 0.529. The lowest BCUT2D eigenvalue weighted by atomic mass is 10.0. The number of hydrogen-bond acceptors (Lipinski definition) is 3. The maximum atomic E-state index is 5.52. The van der Waals surface area contributed by atoms with Crippen molar-refractivity contribution >= 4 is 21.5 Å². The second-order valence-corrected chi connectivity index (χ2v) is 6.81. The summed E-state index contributed by atoms with van der Waals surface area (Å²) in [6.45, 7) is 9.59. The van der Waals surface area contributed by atoms with E-state index in [9.17, 15) is 0 Å². The van der Waals surface area contributed by atoms with Gasteiger partial charge in [0.1, 0.15) is 16.0 Å². The fourth-order valence-electron chi connectivity index (χ4n) is 2.05. The van der Waals surface area contributed by atoms with Gasteiger partial charge in [0.2, 0.25) is 0 Å². The third kappa shape index (κ3) is 5.36. The first-order valence-corrected chi connectivity index (χ1v) is 7.92. The number of methoxy groups -OCH3 is 2. The molecule has 0 saturated carbocycles. The molecule has 0 amide bonds. The largest absolute Gasteiger partial charge is 0.495 e. The summed E-state index contributed by atoms with van der Waals surface area (Å²) in [6, 6.07) is 3.98. The van der Waals surface area contributed by atoms with E-state index in [2.05, 4.69) is 55.0 Å². The molecular weight excluding hydrogens is 330 g/mol. The van der Waals surface area contributed by atoms with Crippen molar-refractivity contribution in [3.05, 3.63) is 28.2 Å². The van der Waals surface area contributed by atoms with Gasteiger partial charge in [0, 0.05) is 11.1 Å². The van der Waals surface area contributed by atoms with Gasteiger partial charge in [0.05, 0.1) is 14.2 Å². The summed E-state index contributed by atoms with van der Waals surface area (Å²) in [4.78, 5) is 0. The summed E-state index contributed by atoms with van der Waals surface area (Å²) >= 11 is 3.54. The molecule has 1 rings (SSSR count). The van der Waals surface area contributed by atoms with Crippen LogP contribution in [0, 0.1) is 0 Å². The quantitative estimate of drug-likeness (QED) is 0.753. The topological polar surface area (TPSA) is 30.5 Å². The average Bonchev–Trinajstić information content (AvgIpc) is 2.41. The van der Waals surface area contributed by atoms with Crippen LogP contribution in [-0.2, 0) is 0 Å². The monoisotopic (exact) mass is 355 g/mol. The van der Waals surface area contributed by atoms with E-state index < -0.39 is 0 Å². The lowest BCUT2D eigenvalue weighted by Gasteiger charge is -2.20. The summed E-state index contributed by atoms with van der Waals surface area (Å²) in [5.74, 6) is 1.59. The van der Waals surface area contributed by atoms with Crippen molar-refractivity contribution in [2.75, 3.05) is 20.8 Å². The highest BCUT2D eigenvalue weighted by atomic mass is 79.9. The molecule has 4 heteroatoms. The third-order valence-electron chi connectivity index (χ3n) is 3.16. The van der Waals surface area contributed by atoms with Crippen LogP contribution in [0.4, 0.5) is 0 Å². The van der Waals surface area contributed by atoms with Gasteiger partial charge in [-0.25, -0.2) is 0 Å². The van der Waals surface area contributed by atoms with Crippen molar-refractivity contribution in [2.45, 2.75) is 39.7 Å². The molecule has 0 saturated heterocycles. The maximum absolute atomic E-state index is 5.52. The van der Waals surface area contributed by atoms with Crippen LogP contribution in [0.25, 0.3) is 5.57 Å². The summed E-state index contributed by atoms with van der Waals surface area (Å²) in [5, 5.41) is 3.48. The van der Waals surface area contributed by atoms with E-state index in [0.29, 0.717) is 0 Å². The molecule has 0 bridgehead atoms. The highest BCUT2D eigenvalue weighted by molar-refractivity contribution is 9.10. The predicted molar refractivity (Wildman–Crippen MR) is 93.3 cm³/mol. The van der Waals surface area contributed by atoms with Gasteiger partial charge in [0.25, 0.3) is 0 Å². The van der Waals surface area contributed by atoms with Crippen LogP contribution >= 0.6 is 15.9 Å². The van der Waals surface area contributed by atoms with E-state index in [0.717, 1.165) is 34.5 Å². The Morgan fingerprint density at radius 3 is 2.43 bits per heavy atom. The molecule has 3 nitrogen and oxygen atoms in total. The Balaban J connectivity index is 2.87. The molecule has 1 aromatic rings. The van der Waals surface area contributed by atoms with Crippen LogP contribution < -0.4 is 14.8 Å². The molecule has 0 atom stereocenters. The van der Waals surface area contributed by atoms with Crippen molar-refractivity contribution in [3.8, 4) is 11.5 Å². The second kappa shape index (κ2) is 7.85. The molecule has 0 radical (unpaired) electrons. The molecular formula is C17H26BrNO2. The van der Waals surface area contributed by atoms with Gasteiger partial charge in [-0.1, -0.05) is 6.08 Å². The van der Waals surface area contributed by atoms with Gasteiger partial charge in [-0.3, -0.25) is 0 Å². The molecule has 0 unspecified atom stereocenters. The molecule has 0 aliphatic heterocycles. The fourth-order valence-corrected chi connectivity index (χ4v) is 2.72. The molecule has 0 aliphatic rings. The number of halogens is 1. The number of hydrogen-bond donors (Lipinski definition) is 1. The Morgan fingerprint density at radius 2 is 1.90 bits per heavy atom. The number of allylic oxidation sites excluding steroid dienone is 1. The summed E-state index contributed by atoms with van der Waals surface area (Å²) in [6.07, 6.45) is 3.21. The molecule has 21 heavy (non-hydrogen) atoms. The zero-order chi connectivity index (χ0) is 16.0. The minimum absolute atomic E-state index is 0.155. The van der Waals surface area contributed by atoms with Crippen molar-refractivity contribution in [2.24, 2.45) is 0 Å². The summed E-state index contributed by atoms with van der Waals surface area (Å²) in [7, 11) is 3.33. The Bertz CT molecular complexity index is 504. The number of nitrogens with one attached hydrogen (secondary N) is 1. The van der Waals surface area contributed by atoms with Gasteiger partial charge < -0.3 is 14.8 Å². The first kappa shape index (κ1) is 18.1. The zero-order valence-corrected chi connectivity index (χ0v) is 15.4. The smallest absolute Gasteiger partial charge is 0.144 e. The minimum Gasteiger partial charge on any atom is -0.495 e. The lowest BCUT2D eigenvalue weighted by molar-refractivity contribution is 0.388. The van der Waals surface area contributed by atoms with Crippen LogP contribution in [0.5, 0.6) is 11.5 Å². The van der Waals surface area contributed by atoms with E-state index in [1.807, 2.05) is 12.1 Å². The Morgan fingerprint density at radius 1 is 1.24 bits per heavy atom. The average molecular weight is 356 g/mol. The zero-order valence-electron chi connectivity index (χ0n) is 13.8. The van der Waals surface area contributed by atoms with Gasteiger partial charge in [-0.2, -0.15) is 0 Å². The highest BCUT2D eigenvalue weighted by Gasteiger charge is 2.13. The minimum atomic E-state index is 0.155. The normalized spacial score (nSPS) is 12.4. The SMILES string of the molecule is COc1ccc(/C(C)=C/CCNC(C)(C)C)c(OC)c1Br. The van der Waals surface area contributed by atoms with Crippen LogP contribution in [0.2, 0.25) is 0 Å². The molecule has 1 N–H and O–H groups in total. The van der Waals surface area contributed by atoms with Crippen molar-refractivity contribution < 1.29 is 9.47 Å². The molecule has 0 spiro atoms. The molecule has 0 fully saturated rings. The van der Waals surface area contributed by atoms with Crippen molar-refractivity contribution in [1.29, 1.82) is 0 Å². The van der Waals surface area contributed by atoms with Crippen LogP contribution in [0.3, 0.4) is 0 Å². The Labute approximate surface area is 136 Å². The first-order valence-electron chi connectivity index (χ1n) is 7.12.